The lowest BCUT2D eigenvalue weighted by molar-refractivity contribution is -0.117. The fraction of sp³-hybridized carbons (Fsp3) is 0.188. The van der Waals surface area contributed by atoms with Crippen LogP contribution >= 0.6 is 0 Å². The quantitative estimate of drug-likeness (QED) is 0.911. The largest absolute Gasteiger partial charge is 0.322 e. The first-order chi connectivity index (χ1) is 9.26. The van der Waals surface area contributed by atoms with Gasteiger partial charge in [-0.25, -0.2) is 0 Å². The van der Waals surface area contributed by atoms with Crippen molar-refractivity contribution in [1.82, 2.24) is 0 Å². The zero-order valence-electron chi connectivity index (χ0n) is 11.0. The number of benzene rings is 2. The molecule has 1 amide bonds. The Morgan fingerprint density at radius 3 is 2.11 bits per heavy atom. The van der Waals surface area contributed by atoms with Crippen LogP contribution in [0.5, 0.6) is 0 Å². The zero-order chi connectivity index (χ0) is 13.7. The highest BCUT2D eigenvalue weighted by Crippen LogP contribution is 2.22. The molecule has 0 aliphatic rings. The van der Waals surface area contributed by atoms with Crippen molar-refractivity contribution >= 4 is 11.6 Å². The highest BCUT2D eigenvalue weighted by atomic mass is 16.2. The molecule has 0 spiro atoms. The van der Waals surface area contributed by atoms with Crippen LogP contribution in [-0.4, -0.2) is 19.0 Å². The van der Waals surface area contributed by atoms with E-state index in [1.807, 2.05) is 49.4 Å². The highest BCUT2D eigenvalue weighted by Gasteiger charge is 2.11. The van der Waals surface area contributed by atoms with Crippen molar-refractivity contribution in [3.8, 4) is 11.1 Å². The van der Waals surface area contributed by atoms with Crippen LogP contribution in [0.4, 0.5) is 5.69 Å². The molecule has 3 heteroatoms. The maximum Gasteiger partial charge on any atom is 0.240 e. The van der Waals surface area contributed by atoms with Crippen LogP contribution in [0, 0.1) is 0 Å². The van der Waals surface area contributed by atoms with Crippen molar-refractivity contribution in [2.24, 2.45) is 5.73 Å². The molecule has 0 bridgehead atoms. The molecule has 19 heavy (non-hydrogen) atoms. The third kappa shape index (κ3) is 3.01. The number of nitrogens with two attached hydrogens (primary N) is 1. The molecule has 3 nitrogen and oxygen atoms in total. The summed E-state index contributed by atoms with van der Waals surface area (Å²) >= 11 is 0. The van der Waals surface area contributed by atoms with Crippen LogP contribution in [-0.2, 0) is 4.79 Å². The van der Waals surface area contributed by atoms with Crippen molar-refractivity contribution in [3.05, 3.63) is 54.6 Å². The van der Waals surface area contributed by atoms with Crippen molar-refractivity contribution in [1.29, 1.82) is 0 Å². The predicted octanol–water partition coefficient (Wildman–Crippen LogP) is 2.67. The highest BCUT2D eigenvalue weighted by molar-refractivity contribution is 5.94. The average Bonchev–Trinajstić information content (AvgIpc) is 2.49. The SMILES string of the molecule is CCN(C(=O)CN)c1ccc(-c2ccccc2)cc1. The first-order valence-corrected chi connectivity index (χ1v) is 6.42. The Morgan fingerprint density at radius 1 is 1.00 bits per heavy atom. The fourth-order valence-corrected chi connectivity index (χ4v) is 2.08. The van der Waals surface area contributed by atoms with Crippen LogP contribution in [0.1, 0.15) is 6.92 Å². The first-order valence-electron chi connectivity index (χ1n) is 6.42. The van der Waals surface area contributed by atoms with Crippen molar-refractivity contribution in [2.75, 3.05) is 18.0 Å². The second-order valence-electron chi connectivity index (χ2n) is 4.26. The van der Waals surface area contributed by atoms with Crippen molar-refractivity contribution in [2.45, 2.75) is 6.92 Å². The average molecular weight is 254 g/mol. The Morgan fingerprint density at radius 2 is 1.58 bits per heavy atom. The van der Waals surface area contributed by atoms with Gasteiger partial charge in [0.25, 0.3) is 0 Å². The molecule has 0 radical (unpaired) electrons. The Kier molecular flexibility index (Phi) is 4.31. The molecule has 2 rings (SSSR count). The summed E-state index contributed by atoms with van der Waals surface area (Å²) in [4.78, 5) is 13.4. The summed E-state index contributed by atoms with van der Waals surface area (Å²) in [5.74, 6) is -0.0602. The van der Waals surface area contributed by atoms with Gasteiger partial charge in [-0.1, -0.05) is 42.5 Å². The van der Waals surface area contributed by atoms with Gasteiger partial charge in [-0.15, -0.1) is 0 Å². The lowest BCUT2D eigenvalue weighted by atomic mass is 10.1. The van der Waals surface area contributed by atoms with Gasteiger partial charge in [-0.2, -0.15) is 0 Å². The molecule has 0 aromatic heterocycles. The van der Waals surface area contributed by atoms with E-state index in [1.54, 1.807) is 4.90 Å². The first kappa shape index (κ1) is 13.3. The summed E-state index contributed by atoms with van der Waals surface area (Å²) in [6, 6.07) is 18.1. The van der Waals surface area contributed by atoms with E-state index in [0.717, 1.165) is 11.3 Å². The maximum absolute atomic E-state index is 11.7. The molecule has 0 saturated carbocycles. The van der Waals surface area contributed by atoms with E-state index < -0.39 is 0 Å². The number of hydrogen-bond acceptors (Lipinski definition) is 2. The molecule has 2 aromatic carbocycles. The van der Waals surface area contributed by atoms with Gasteiger partial charge >= 0.3 is 0 Å². The van der Waals surface area contributed by atoms with Crippen LogP contribution in [0.2, 0.25) is 0 Å². The lowest BCUT2D eigenvalue weighted by Crippen LogP contribution is -2.35. The van der Waals surface area contributed by atoms with Crippen LogP contribution in [0.15, 0.2) is 54.6 Å². The molecule has 0 saturated heterocycles. The Bertz CT molecular complexity index is 534. The summed E-state index contributed by atoms with van der Waals surface area (Å²) < 4.78 is 0. The van der Waals surface area contributed by atoms with Gasteiger partial charge in [0.15, 0.2) is 0 Å². The smallest absolute Gasteiger partial charge is 0.240 e. The van der Waals surface area contributed by atoms with E-state index >= 15 is 0 Å². The van der Waals surface area contributed by atoms with Crippen molar-refractivity contribution < 1.29 is 4.79 Å². The molecule has 0 aliphatic heterocycles. The standard InChI is InChI=1S/C16H18N2O/c1-2-18(16(19)12-17)15-10-8-14(9-11-15)13-6-4-3-5-7-13/h3-11H,2,12,17H2,1H3. The van der Waals surface area contributed by atoms with Gasteiger partial charge in [0.2, 0.25) is 5.91 Å². The molecule has 98 valence electrons. The number of carbonyl (C=O) groups is 1. The Balaban J connectivity index is 2.25. The van der Waals surface area contributed by atoms with E-state index in [4.69, 9.17) is 5.73 Å². The third-order valence-corrected chi connectivity index (χ3v) is 3.08. The Labute approximate surface area is 113 Å². The zero-order valence-corrected chi connectivity index (χ0v) is 11.0. The van der Waals surface area contributed by atoms with E-state index in [0.29, 0.717) is 6.54 Å². The normalized spacial score (nSPS) is 10.2. The fourth-order valence-electron chi connectivity index (χ4n) is 2.08. The van der Waals surface area contributed by atoms with Gasteiger partial charge in [0.1, 0.15) is 0 Å². The number of nitrogens with zero attached hydrogens (tertiary/aromatic N) is 1. The van der Waals surface area contributed by atoms with Gasteiger partial charge in [0, 0.05) is 12.2 Å². The number of amides is 1. The molecular formula is C16H18N2O. The minimum atomic E-state index is -0.0602. The van der Waals surface area contributed by atoms with Gasteiger partial charge < -0.3 is 10.6 Å². The van der Waals surface area contributed by atoms with E-state index in [1.165, 1.54) is 5.56 Å². The number of hydrogen-bond donors (Lipinski definition) is 1. The molecule has 2 aromatic rings. The summed E-state index contributed by atoms with van der Waals surface area (Å²) in [5.41, 5.74) is 8.61. The minimum Gasteiger partial charge on any atom is -0.322 e. The molecule has 0 unspecified atom stereocenters. The number of likely N-dealkylation sites (N-methyl/N-ethyl adjacent to an activating group) is 1. The number of rotatable bonds is 4. The molecule has 0 aliphatic carbocycles. The molecule has 0 atom stereocenters. The minimum absolute atomic E-state index is 0.0360. The molecule has 0 fully saturated rings. The third-order valence-electron chi connectivity index (χ3n) is 3.08. The topological polar surface area (TPSA) is 46.3 Å². The Hall–Kier alpha value is -2.13. The summed E-state index contributed by atoms with van der Waals surface area (Å²) in [5, 5.41) is 0. The number of carbonyl (C=O) groups excluding carboxylic acids is 1. The molecule has 0 heterocycles. The maximum atomic E-state index is 11.7. The van der Waals surface area contributed by atoms with E-state index in [2.05, 4.69) is 12.1 Å². The van der Waals surface area contributed by atoms with Crippen LogP contribution in [0.3, 0.4) is 0 Å². The molecular weight excluding hydrogens is 236 g/mol. The predicted molar refractivity (Wildman–Crippen MR) is 79.0 cm³/mol. The second kappa shape index (κ2) is 6.16. The summed E-state index contributed by atoms with van der Waals surface area (Å²) in [7, 11) is 0. The lowest BCUT2D eigenvalue weighted by Gasteiger charge is -2.20. The van der Waals surface area contributed by atoms with Crippen molar-refractivity contribution in [3.63, 3.8) is 0 Å². The summed E-state index contributed by atoms with van der Waals surface area (Å²) in [6.45, 7) is 2.60. The number of anilines is 1. The van der Waals surface area contributed by atoms with E-state index in [9.17, 15) is 4.79 Å². The monoisotopic (exact) mass is 254 g/mol. The second-order valence-corrected chi connectivity index (χ2v) is 4.26. The van der Waals surface area contributed by atoms with Gasteiger partial charge in [-0.05, 0) is 30.2 Å². The summed E-state index contributed by atoms with van der Waals surface area (Å²) in [6.07, 6.45) is 0. The van der Waals surface area contributed by atoms with Crippen LogP contribution in [0.25, 0.3) is 11.1 Å². The molecule has 2 N–H and O–H groups in total. The van der Waals surface area contributed by atoms with E-state index in [-0.39, 0.29) is 12.5 Å². The van der Waals surface area contributed by atoms with Crippen LogP contribution < -0.4 is 10.6 Å². The van der Waals surface area contributed by atoms with Gasteiger partial charge in [0.05, 0.1) is 6.54 Å². The van der Waals surface area contributed by atoms with Gasteiger partial charge in [-0.3, -0.25) is 4.79 Å².